The average Bonchev–Trinajstić information content (AvgIpc) is 3.15. The Morgan fingerprint density at radius 1 is 1.15 bits per heavy atom. The highest BCUT2D eigenvalue weighted by atomic mass is 35.5. The van der Waals surface area contributed by atoms with Gasteiger partial charge in [0.15, 0.2) is 0 Å². The van der Waals surface area contributed by atoms with Crippen LogP contribution in [0.15, 0.2) is 40.8 Å². The molecule has 0 fully saturated rings. The lowest BCUT2D eigenvalue weighted by molar-refractivity contribution is 0.0990. The fourth-order valence-electron chi connectivity index (χ4n) is 2.29. The molecule has 1 heterocycles. The van der Waals surface area contributed by atoms with Gasteiger partial charge in [-0.15, -0.1) is 10.2 Å². The fraction of sp³-hybridized carbons (Fsp3) is 0.167. The summed E-state index contributed by atoms with van der Waals surface area (Å²) in [5.74, 6) is 0.576. The van der Waals surface area contributed by atoms with Crippen molar-refractivity contribution in [3.05, 3.63) is 52.9 Å². The molecule has 3 aromatic rings. The molecule has 26 heavy (non-hydrogen) atoms. The van der Waals surface area contributed by atoms with Crippen molar-refractivity contribution in [2.75, 3.05) is 19.5 Å². The summed E-state index contributed by atoms with van der Waals surface area (Å²) in [4.78, 5) is 12.4. The number of amides is 1. The minimum Gasteiger partial charge on any atom is -0.497 e. The average molecular weight is 374 g/mol. The van der Waals surface area contributed by atoms with Gasteiger partial charge >= 0.3 is 11.8 Å². The van der Waals surface area contributed by atoms with Crippen molar-refractivity contribution in [3.8, 4) is 23.0 Å². The van der Waals surface area contributed by atoms with E-state index < -0.39 is 5.91 Å². The molecule has 3 rings (SSSR count). The topological polar surface area (TPSA) is 86.5 Å². The SMILES string of the molecule is COc1cccc(-c2nnc(C(=O)Nc3cc(C)c(Cl)cc3OC)o2)c1. The molecule has 0 unspecified atom stereocenters. The van der Waals surface area contributed by atoms with Crippen LogP contribution in [0.5, 0.6) is 11.5 Å². The molecule has 0 aliphatic carbocycles. The number of aryl methyl sites for hydroxylation is 1. The van der Waals surface area contributed by atoms with Crippen molar-refractivity contribution in [1.29, 1.82) is 0 Å². The smallest absolute Gasteiger partial charge is 0.313 e. The summed E-state index contributed by atoms with van der Waals surface area (Å²) in [6, 6.07) is 10.4. The lowest BCUT2D eigenvalue weighted by Crippen LogP contribution is -2.13. The van der Waals surface area contributed by atoms with Crippen LogP contribution in [0.2, 0.25) is 5.02 Å². The monoisotopic (exact) mass is 373 g/mol. The molecule has 0 spiro atoms. The maximum Gasteiger partial charge on any atom is 0.313 e. The van der Waals surface area contributed by atoms with E-state index in [-0.39, 0.29) is 11.8 Å². The van der Waals surface area contributed by atoms with Gasteiger partial charge in [-0.25, -0.2) is 0 Å². The zero-order valence-corrected chi connectivity index (χ0v) is 15.1. The summed E-state index contributed by atoms with van der Waals surface area (Å²) < 4.78 is 15.9. The molecule has 0 bridgehead atoms. The van der Waals surface area contributed by atoms with Crippen LogP contribution in [0.1, 0.15) is 16.2 Å². The second-order valence-corrected chi connectivity index (χ2v) is 5.81. The number of nitrogens with zero attached hydrogens (tertiary/aromatic N) is 2. The molecule has 134 valence electrons. The molecular formula is C18H16ClN3O4. The molecule has 2 aromatic carbocycles. The zero-order valence-electron chi connectivity index (χ0n) is 14.4. The predicted octanol–water partition coefficient (Wildman–Crippen LogP) is 3.97. The van der Waals surface area contributed by atoms with Crippen LogP contribution in [-0.2, 0) is 0 Å². The number of hydrogen-bond acceptors (Lipinski definition) is 6. The van der Waals surface area contributed by atoms with Crippen molar-refractivity contribution in [2.45, 2.75) is 6.92 Å². The van der Waals surface area contributed by atoms with Crippen LogP contribution in [0.4, 0.5) is 5.69 Å². The van der Waals surface area contributed by atoms with Crippen LogP contribution in [0.25, 0.3) is 11.5 Å². The van der Waals surface area contributed by atoms with Gasteiger partial charge in [0.1, 0.15) is 11.5 Å². The summed E-state index contributed by atoms with van der Waals surface area (Å²) in [6.07, 6.45) is 0. The summed E-state index contributed by atoms with van der Waals surface area (Å²) in [6.45, 7) is 1.82. The third-order valence-electron chi connectivity index (χ3n) is 3.66. The Balaban J connectivity index is 1.84. The Morgan fingerprint density at radius 3 is 2.69 bits per heavy atom. The molecule has 0 aliphatic rings. The van der Waals surface area contributed by atoms with Crippen LogP contribution in [-0.4, -0.2) is 30.3 Å². The maximum absolute atomic E-state index is 12.4. The van der Waals surface area contributed by atoms with Gasteiger partial charge in [0.2, 0.25) is 5.89 Å². The number of ether oxygens (including phenoxy) is 2. The summed E-state index contributed by atoms with van der Waals surface area (Å²) in [7, 11) is 3.05. The number of nitrogens with one attached hydrogen (secondary N) is 1. The standard InChI is InChI=1S/C18H16ClN3O4/c1-10-7-14(15(25-3)9-13(10)19)20-16(23)18-22-21-17(26-18)11-5-4-6-12(8-11)24-2/h4-9H,1-3H3,(H,20,23). The van der Waals surface area contributed by atoms with Crippen molar-refractivity contribution < 1.29 is 18.7 Å². The van der Waals surface area contributed by atoms with Gasteiger partial charge < -0.3 is 19.2 Å². The van der Waals surface area contributed by atoms with Gasteiger partial charge in [0, 0.05) is 16.7 Å². The highest BCUT2D eigenvalue weighted by Gasteiger charge is 2.18. The van der Waals surface area contributed by atoms with Gasteiger partial charge in [-0.05, 0) is 36.8 Å². The first-order chi connectivity index (χ1) is 12.5. The van der Waals surface area contributed by atoms with E-state index in [0.717, 1.165) is 5.56 Å². The van der Waals surface area contributed by atoms with E-state index in [9.17, 15) is 4.79 Å². The molecule has 0 saturated carbocycles. The Morgan fingerprint density at radius 2 is 1.96 bits per heavy atom. The van der Waals surface area contributed by atoms with Crippen molar-refractivity contribution in [2.24, 2.45) is 0 Å². The van der Waals surface area contributed by atoms with Gasteiger partial charge in [0.05, 0.1) is 19.9 Å². The maximum atomic E-state index is 12.4. The summed E-state index contributed by atoms with van der Waals surface area (Å²) >= 11 is 6.07. The van der Waals surface area contributed by atoms with Gasteiger partial charge in [-0.3, -0.25) is 4.79 Å². The van der Waals surface area contributed by atoms with Gasteiger partial charge in [0.25, 0.3) is 0 Å². The third kappa shape index (κ3) is 3.62. The molecule has 0 radical (unpaired) electrons. The number of hydrogen-bond donors (Lipinski definition) is 1. The number of carbonyl (C=O) groups excluding carboxylic acids is 1. The predicted molar refractivity (Wildman–Crippen MR) is 97.0 cm³/mol. The first-order valence-electron chi connectivity index (χ1n) is 7.65. The fourth-order valence-corrected chi connectivity index (χ4v) is 2.45. The molecule has 1 N–H and O–H groups in total. The second-order valence-electron chi connectivity index (χ2n) is 5.40. The molecule has 0 saturated heterocycles. The molecule has 0 aliphatic heterocycles. The van der Waals surface area contributed by atoms with Crippen LogP contribution in [0.3, 0.4) is 0 Å². The minimum absolute atomic E-state index is 0.169. The van der Waals surface area contributed by atoms with Gasteiger partial charge in [-0.2, -0.15) is 0 Å². The molecule has 0 atom stereocenters. The summed E-state index contributed by atoms with van der Waals surface area (Å²) in [5, 5.41) is 10.9. The van der Waals surface area contributed by atoms with E-state index in [0.29, 0.717) is 27.8 Å². The highest BCUT2D eigenvalue weighted by Crippen LogP contribution is 2.31. The lowest BCUT2D eigenvalue weighted by Gasteiger charge is -2.11. The molecule has 8 heteroatoms. The number of carbonyl (C=O) groups is 1. The highest BCUT2D eigenvalue weighted by molar-refractivity contribution is 6.31. The minimum atomic E-state index is -0.549. The molecular weight excluding hydrogens is 358 g/mol. The van der Waals surface area contributed by atoms with E-state index in [2.05, 4.69) is 15.5 Å². The first-order valence-corrected chi connectivity index (χ1v) is 8.03. The summed E-state index contributed by atoms with van der Waals surface area (Å²) in [5.41, 5.74) is 1.90. The number of rotatable bonds is 5. The number of anilines is 1. The van der Waals surface area contributed by atoms with E-state index in [1.165, 1.54) is 7.11 Å². The molecule has 1 aromatic heterocycles. The number of methoxy groups -OCH3 is 2. The quantitative estimate of drug-likeness (QED) is 0.728. The normalized spacial score (nSPS) is 10.5. The van der Waals surface area contributed by atoms with E-state index in [1.807, 2.05) is 6.92 Å². The van der Waals surface area contributed by atoms with E-state index >= 15 is 0 Å². The van der Waals surface area contributed by atoms with Crippen molar-refractivity contribution >= 4 is 23.2 Å². The Hall–Kier alpha value is -3.06. The zero-order chi connectivity index (χ0) is 18.7. The second kappa shape index (κ2) is 7.45. The van der Waals surface area contributed by atoms with Crippen molar-refractivity contribution in [3.63, 3.8) is 0 Å². The lowest BCUT2D eigenvalue weighted by atomic mass is 10.2. The number of halogens is 1. The van der Waals surface area contributed by atoms with E-state index in [1.54, 1.807) is 43.5 Å². The third-order valence-corrected chi connectivity index (χ3v) is 4.07. The Kier molecular flexibility index (Phi) is 5.09. The van der Waals surface area contributed by atoms with Gasteiger partial charge in [-0.1, -0.05) is 17.7 Å². The van der Waals surface area contributed by atoms with Crippen LogP contribution < -0.4 is 14.8 Å². The Labute approximate surface area is 154 Å². The van der Waals surface area contributed by atoms with E-state index in [4.69, 9.17) is 25.5 Å². The number of benzene rings is 2. The van der Waals surface area contributed by atoms with Crippen LogP contribution >= 0.6 is 11.6 Å². The van der Waals surface area contributed by atoms with Crippen LogP contribution in [0, 0.1) is 6.92 Å². The van der Waals surface area contributed by atoms with Crippen molar-refractivity contribution in [1.82, 2.24) is 10.2 Å². The number of aromatic nitrogens is 2. The first kappa shape index (κ1) is 17.8. The Bertz CT molecular complexity index is 955. The largest absolute Gasteiger partial charge is 0.497 e. The molecule has 7 nitrogen and oxygen atoms in total. The molecule has 1 amide bonds.